The summed E-state index contributed by atoms with van der Waals surface area (Å²) in [4.78, 5) is 19.9. The van der Waals surface area contributed by atoms with Crippen molar-refractivity contribution in [1.82, 2.24) is 9.88 Å². The van der Waals surface area contributed by atoms with Crippen LogP contribution in [0, 0.1) is 0 Å². The van der Waals surface area contributed by atoms with Crippen LogP contribution in [0.5, 0.6) is 5.75 Å². The van der Waals surface area contributed by atoms with Crippen molar-refractivity contribution in [2.75, 3.05) is 25.8 Å². The van der Waals surface area contributed by atoms with Crippen LogP contribution in [0.1, 0.15) is 19.5 Å². The largest absolute Gasteiger partial charge is 0.495 e. The van der Waals surface area contributed by atoms with Crippen LogP contribution in [0.25, 0.3) is 0 Å². The molecular formula is C13H19N3O3. The highest BCUT2D eigenvalue weighted by Crippen LogP contribution is 2.26. The Kier molecular flexibility index (Phi) is 3.90. The molecule has 0 fully saturated rings. The van der Waals surface area contributed by atoms with E-state index in [0.29, 0.717) is 12.4 Å². The summed E-state index contributed by atoms with van der Waals surface area (Å²) in [6.07, 6.45) is 1.63. The van der Waals surface area contributed by atoms with E-state index >= 15 is 0 Å². The van der Waals surface area contributed by atoms with Crippen LogP contribution in [0.4, 0.5) is 10.5 Å². The monoisotopic (exact) mass is 265 g/mol. The van der Waals surface area contributed by atoms with Crippen LogP contribution < -0.4 is 9.64 Å². The highest BCUT2D eigenvalue weighted by Gasteiger charge is 2.26. The van der Waals surface area contributed by atoms with Gasteiger partial charge in [0, 0.05) is 19.2 Å². The maximum atomic E-state index is 12.4. The van der Waals surface area contributed by atoms with Gasteiger partial charge in [-0.05, 0) is 13.8 Å². The fourth-order valence-electron chi connectivity index (χ4n) is 1.94. The van der Waals surface area contributed by atoms with E-state index in [4.69, 9.17) is 9.47 Å². The van der Waals surface area contributed by atoms with Gasteiger partial charge in [0.1, 0.15) is 12.5 Å². The zero-order valence-electron chi connectivity index (χ0n) is 11.7. The number of carbonyl (C=O) groups excluding carboxylic acids is 1. The molecule has 0 aliphatic carbocycles. The Balaban J connectivity index is 2.39. The molecule has 0 spiro atoms. The van der Waals surface area contributed by atoms with Gasteiger partial charge in [0.25, 0.3) is 0 Å². The van der Waals surface area contributed by atoms with Crippen molar-refractivity contribution in [2.24, 2.45) is 0 Å². The van der Waals surface area contributed by atoms with E-state index in [-0.39, 0.29) is 18.8 Å². The number of ether oxygens (including phenoxy) is 2. The number of rotatable bonds is 2. The number of pyridine rings is 1. The quantitative estimate of drug-likeness (QED) is 0.818. The molecule has 0 aromatic carbocycles. The SMILES string of the molecule is COc1cnc2c(c1)N(C)C(=O)N(C(C)C)COC2. The second-order valence-electron chi connectivity index (χ2n) is 4.72. The molecule has 0 radical (unpaired) electrons. The molecule has 2 rings (SSSR count). The zero-order valence-corrected chi connectivity index (χ0v) is 11.7. The fourth-order valence-corrected chi connectivity index (χ4v) is 1.94. The van der Waals surface area contributed by atoms with E-state index < -0.39 is 0 Å². The first-order chi connectivity index (χ1) is 9.04. The third kappa shape index (κ3) is 2.63. The molecule has 0 saturated heterocycles. The predicted octanol–water partition coefficient (Wildman–Crippen LogP) is 1.84. The minimum absolute atomic E-state index is 0.0788. The molecule has 0 bridgehead atoms. The Morgan fingerprint density at radius 2 is 2.21 bits per heavy atom. The first-order valence-electron chi connectivity index (χ1n) is 6.19. The van der Waals surface area contributed by atoms with Gasteiger partial charge in [-0.2, -0.15) is 0 Å². The average Bonchev–Trinajstić information content (AvgIpc) is 2.40. The summed E-state index contributed by atoms with van der Waals surface area (Å²) in [6, 6.07) is 1.77. The molecule has 6 heteroatoms. The third-order valence-corrected chi connectivity index (χ3v) is 3.14. The zero-order chi connectivity index (χ0) is 14.0. The lowest BCUT2D eigenvalue weighted by atomic mass is 10.2. The first-order valence-corrected chi connectivity index (χ1v) is 6.19. The van der Waals surface area contributed by atoms with Crippen LogP contribution >= 0.6 is 0 Å². The fraction of sp³-hybridized carbons (Fsp3) is 0.538. The first kappa shape index (κ1) is 13.6. The molecule has 0 N–H and O–H groups in total. The number of hydrogen-bond acceptors (Lipinski definition) is 4. The topological polar surface area (TPSA) is 54.9 Å². The van der Waals surface area contributed by atoms with Gasteiger partial charge in [0.05, 0.1) is 31.3 Å². The van der Waals surface area contributed by atoms with Crippen molar-refractivity contribution in [3.63, 3.8) is 0 Å². The number of amides is 2. The minimum atomic E-state index is -0.106. The summed E-state index contributed by atoms with van der Waals surface area (Å²) < 4.78 is 10.7. The molecule has 0 unspecified atom stereocenters. The Morgan fingerprint density at radius 3 is 2.84 bits per heavy atom. The number of methoxy groups -OCH3 is 1. The molecule has 0 atom stereocenters. The molecule has 0 saturated carbocycles. The molecule has 1 aromatic heterocycles. The molecule has 2 amide bonds. The van der Waals surface area contributed by atoms with Crippen LogP contribution in [0.3, 0.4) is 0 Å². The summed E-state index contributed by atoms with van der Waals surface area (Å²) in [5.74, 6) is 0.620. The Hall–Kier alpha value is -1.82. The van der Waals surface area contributed by atoms with E-state index in [1.165, 1.54) is 0 Å². The highest BCUT2D eigenvalue weighted by atomic mass is 16.5. The van der Waals surface area contributed by atoms with Gasteiger partial charge in [-0.15, -0.1) is 0 Å². The van der Waals surface area contributed by atoms with Gasteiger partial charge in [-0.25, -0.2) is 4.79 Å². The number of hydrogen-bond donors (Lipinski definition) is 0. The van der Waals surface area contributed by atoms with Crippen molar-refractivity contribution < 1.29 is 14.3 Å². The third-order valence-electron chi connectivity index (χ3n) is 3.14. The van der Waals surface area contributed by atoms with Gasteiger partial charge in [-0.3, -0.25) is 14.8 Å². The molecule has 19 heavy (non-hydrogen) atoms. The number of anilines is 1. The standard InChI is InChI=1S/C13H19N3O3/c1-9(2)16-8-19-7-11-12(15(3)13(16)17)5-10(18-4)6-14-11/h5-6,9H,7-8H2,1-4H3. The second-order valence-corrected chi connectivity index (χ2v) is 4.72. The summed E-state index contributed by atoms with van der Waals surface area (Å²) in [5.41, 5.74) is 1.45. The number of nitrogens with zero attached hydrogens (tertiary/aromatic N) is 3. The highest BCUT2D eigenvalue weighted by molar-refractivity contribution is 5.92. The molecule has 1 aromatic rings. The van der Waals surface area contributed by atoms with Crippen LogP contribution in [-0.4, -0.2) is 42.8 Å². The Morgan fingerprint density at radius 1 is 1.47 bits per heavy atom. The van der Waals surface area contributed by atoms with Crippen LogP contribution in [0.2, 0.25) is 0 Å². The van der Waals surface area contributed by atoms with Crippen LogP contribution in [-0.2, 0) is 11.3 Å². The van der Waals surface area contributed by atoms with Crippen molar-refractivity contribution in [1.29, 1.82) is 0 Å². The molecule has 1 aliphatic rings. The average molecular weight is 265 g/mol. The Labute approximate surface area is 112 Å². The van der Waals surface area contributed by atoms with Crippen LogP contribution in [0.15, 0.2) is 12.3 Å². The van der Waals surface area contributed by atoms with Gasteiger partial charge < -0.3 is 9.47 Å². The summed E-state index contributed by atoms with van der Waals surface area (Å²) in [7, 11) is 3.31. The minimum Gasteiger partial charge on any atom is -0.495 e. The maximum absolute atomic E-state index is 12.4. The number of aromatic nitrogens is 1. The Bertz CT molecular complexity index is 476. The lowest BCUT2D eigenvalue weighted by Crippen LogP contribution is -2.47. The van der Waals surface area contributed by atoms with Gasteiger partial charge in [-0.1, -0.05) is 0 Å². The lowest BCUT2D eigenvalue weighted by molar-refractivity contribution is 0.0231. The van der Waals surface area contributed by atoms with Crippen molar-refractivity contribution in [3.05, 3.63) is 18.0 Å². The molecule has 1 aliphatic heterocycles. The smallest absolute Gasteiger partial charge is 0.326 e. The summed E-state index contributed by atoms with van der Waals surface area (Å²) >= 11 is 0. The lowest BCUT2D eigenvalue weighted by Gasteiger charge is -2.33. The molecule has 104 valence electrons. The van der Waals surface area contributed by atoms with E-state index in [2.05, 4.69) is 4.98 Å². The van der Waals surface area contributed by atoms with Crippen molar-refractivity contribution >= 4 is 11.7 Å². The number of urea groups is 1. The summed E-state index contributed by atoms with van der Waals surface area (Å²) in [6.45, 7) is 4.57. The number of carbonyl (C=O) groups is 1. The summed E-state index contributed by atoms with van der Waals surface area (Å²) in [5, 5.41) is 0. The maximum Gasteiger partial charge on any atom is 0.326 e. The van der Waals surface area contributed by atoms with Crippen molar-refractivity contribution in [2.45, 2.75) is 26.5 Å². The number of fused-ring (bicyclic) bond motifs is 1. The molecular weight excluding hydrogens is 246 g/mol. The van der Waals surface area contributed by atoms with E-state index in [0.717, 1.165) is 11.4 Å². The van der Waals surface area contributed by atoms with Gasteiger partial charge in [0.2, 0.25) is 0 Å². The second kappa shape index (κ2) is 5.44. The van der Waals surface area contributed by atoms with E-state index in [1.54, 1.807) is 36.2 Å². The van der Waals surface area contributed by atoms with Gasteiger partial charge in [0.15, 0.2) is 0 Å². The molecule has 2 heterocycles. The van der Waals surface area contributed by atoms with Gasteiger partial charge >= 0.3 is 6.03 Å². The van der Waals surface area contributed by atoms with E-state index in [1.807, 2.05) is 13.8 Å². The molecule has 6 nitrogen and oxygen atoms in total. The van der Waals surface area contributed by atoms with E-state index in [9.17, 15) is 4.79 Å². The van der Waals surface area contributed by atoms with Crippen molar-refractivity contribution in [3.8, 4) is 5.75 Å². The predicted molar refractivity (Wildman–Crippen MR) is 71.2 cm³/mol. The normalized spacial score (nSPS) is 16.2.